The Labute approximate surface area is 90.5 Å². The normalized spacial score (nSPS) is 36.5. The van der Waals surface area contributed by atoms with Gasteiger partial charge in [0.25, 0.3) is 0 Å². The van der Waals surface area contributed by atoms with Crippen LogP contribution >= 0.6 is 0 Å². The van der Waals surface area contributed by atoms with Gasteiger partial charge in [-0.1, -0.05) is 0 Å². The number of nitrogens with two attached hydrogens (primary N) is 1. The fraction of sp³-hybridized carbons (Fsp3) is 0.909. The van der Waals surface area contributed by atoms with Crippen molar-refractivity contribution in [2.75, 3.05) is 13.2 Å². The molecule has 1 aliphatic carbocycles. The summed E-state index contributed by atoms with van der Waals surface area (Å²) >= 11 is 0. The van der Waals surface area contributed by atoms with E-state index >= 15 is 0 Å². The quantitative estimate of drug-likeness (QED) is 0.696. The van der Waals surface area contributed by atoms with Crippen LogP contribution < -0.4 is 11.1 Å². The molecular formula is C11H20N2O2. The van der Waals surface area contributed by atoms with Crippen LogP contribution in [0.2, 0.25) is 0 Å². The van der Waals surface area contributed by atoms with Gasteiger partial charge in [-0.25, -0.2) is 0 Å². The van der Waals surface area contributed by atoms with Gasteiger partial charge < -0.3 is 15.8 Å². The van der Waals surface area contributed by atoms with Crippen molar-refractivity contribution in [1.82, 2.24) is 5.32 Å². The van der Waals surface area contributed by atoms with Gasteiger partial charge >= 0.3 is 0 Å². The van der Waals surface area contributed by atoms with Crippen molar-refractivity contribution in [2.45, 2.75) is 44.2 Å². The highest BCUT2D eigenvalue weighted by molar-refractivity contribution is 5.79. The van der Waals surface area contributed by atoms with Gasteiger partial charge in [0.05, 0.1) is 12.5 Å². The highest BCUT2D eigenvalue weighted by Crippen LogP contribution is 2.18. The van der Waals surface area contributed by atoms with Crippen molar-refractivity contribution in [3.63, 3.8) is 0 Å². The number of nitrogens with one attached hydrogen (secondary N) is 1. The van der Waals surface area contributed by atoms with E-state index < -0.39 is 0 Å². The monoisotopic (exact) mass is 212 g/mol. The molecule has 1 atom stereocenters. The molecule has 1 saturated heterocycles. The molecule has 0 radical (unpaired) electrons. The molecule has 2 aliphatic rings. The largest absolute Gasteiger partial charge is 0.381 e. The van der Waals surface area contributed by atoms with Crippen molar-refractivity contribution < 1.29 is 9.53 Å². The third-order valence-corrected chi connectivity index (χ3v) is 3.42. The molecule has 4 heteroatoms. The first-order valence-electron chi connectivity index (χ1n) is 5.89. The van der Waals surface area contributed by atoms with E-state index in [1.54, 1.807) is 0 Å². The average molecular weight is 212 g/mol. The van der Waals surface area contributed by atoms with Crippen LogP contribution in [-0.4, -0.2) is 31.2 Å². The zero-order chi connectivity index (χ0) is 10.7. The van der Waals surface area contributed by atoms with Gasteiger partial charge in [0, 0.05) is 18.7 Å². The molecule has 3 N–H and O–H groups in total. The minimum atomic E-state index is 0.0839. The Bertz CT molecular complexity index is 219. The molecule has 2 fully saturated rings. The summed E-state index contributed by atoms with van der Waals surface area (Å²) in [6, 6.07) is 0.686. The fourth-order valence-electron chi connectivity index (χ4n) is 2.32. The van der Waals surface area contributed by atoms with Gasteiger partial charge in [-0.05, 0) is 32.1 Å². The van der Waals surface area contributed by atoms with E-state index in [1.165, 1.54) is 0 Å². The lowest BCUT2D eigenvalue weighted by Crippen LogP contribution is -2.43. The molecule has 1 saturated carbocycles. The third-order valence-electron chi connectivity index (χ3n) is 3.42. The summed E-state index contributed by atoms with van der Waals surface area (Å²) in [5.74, 6) is 0.258. The van der Waals surface area contributed by atoms with Gasteiger partial charge in [-0.15, -0.1) is 0 Å². The molecule has 86 valence electrons. The molecule has 1 amide bonds. The maximum atomic E-state index is 11.8. The van der Waals surface area contributed by atoms with Crippen LogP contribution in [0.4, 0.5) is 0 Å². The summed E-state index contributed by atoms with van der Waals surface area (Å²) < 4.78 is 5.20. The molecule has 0 spiro atoms. The maximum absolute atomic E-state index is 11.8. The Morgan fingerprint density at radius 2 is 1.93 bits per heavy atom. The minimum absolute atomic E-state index is 0.0839. The lowest BCUT2D eigenvalue weighted by Gasteiger charge is -2.27. The Morgan fingerprint density at radius 1 is 1.20 bits per heavy atom. The molecule has 1 unspecified atom stereocenters. The Hall–Kier alpha value is -0.610. The molecule has 0 aromatic carbocycles. The van der Waals surface area contributed by atoms with E-state index in [2.05, 4.69) is 5.32 Å². The highest BCUT2D eigenvalue weighted by atomic mass is 16.5. The van der Waals surface area contributed by atoms with Gasteiger partial charge in [0.2, 0.25) is 5.91 Å². The zero-order valence-electron chi connectivity index (χ0n) is 9.08. The number of amides is 1. The van der Waals surface area contributed by atoms with Gasteiger partial charge in [0.15, 0.2) is 0 Å². The molecule has 0 aromatic rings. The Morgan fingerprint density at radius 3 is 2.53 bits per heavy atom. The topological polar surface area (TPSA) is 64.3 Å². The Kier molecular flexibility index (Phi) is 3.59. The number of ether oxygens (including phenoxy) is 1. The smallest absolute Gasteiger partial charge is 0.225 e. The standard InChI is InChI=1S/C11H20N2O2/c12-9-1-3-10(4-2-9)13-11(14)8-5-6-15-7-8/h8-10H,1-7,12H2,(H,13,14). The van der Waals surface area contributed by atoms with E-state index in [0.717, 1.165) is 38.7 Å². The SMILES string of the molecule is NC1CCC(NC(=O)C2CCOC2)CC1. The van der Waals surface area contributed by atoms with Crippen molar-refractivity contribution in [2.24, 2.45) is 11.7 Å². The zero-order valence-corrected chi connectivity index (χ0v) is 9.08. The van der Waals surface area contributed by atoms with E-state index in [4.69, 9.17) is 10.5 Å². The number of carbonyl (C=O) groups is 1. The first-order chi connectivity index (χ1) is 7.25. The van der Waals surface area contributed by atoms with Crippen LogP contribution in [0.5, 0.6) is 0 Å². The summed E-state index contributed by atoms with van der Waals surface area (Å²) in [5, 5.41) is 3.11. The van der Waals surface area contributed by atoms with Gasteiger partial charge in [0.1, 0.15) is 0 Å². The molecular weight excluding hydrogens is 192 g/mol. The predicted molar refractivity (Wildman–Crippen MR) is 57.3 cm³/mol. The van der Waals surface area contributed by atoms with Crippen molar-refractivity contribution >= 4 is 5.91 Å². The van der Waals surface area contributed by atoms with E-state index in [-0.39, 0.29) is 11.8 Å². The molecule has 4 nitrogen and oxygen atoms in total. The van der Waals surface area contributed by atoms with Gasteiger partial charge in [-0.2, -0.15) is 0 Å². The fourth-order valence-corrected chi connectivity index (χ4v) is 2.32. The van der Waals surface area contributed by atoms with Crippen molar-refractivity contribution in [1.29, 1.82) is 0 Å². The predicted octanol–water partition coefficient (Wildman–Crippen LogP) is 0.409. The third kappa shape index (κ3) is 2.92. The first-order valence-corrected chi connectivity index (χ1v) is 5.89. The lowest BCUT2D eigenvalue weighted by molar-refractivity contribution is -0.125. The lowest BCUT2D eigenvalue weighted by atomic mass is 9.91. The summed E-state index contributed by atoms with van der Waals surface area (Å²) in [7, 11) is 0. The van der Waals surface area contributed by atoms with Crippen LogP contribution in [0.15, 0.2) is 0 Å². The number of rotatable bonds is 2. The summed E-state index contributed by atoms with van der Waals surface area (Å²) in [4.78, 5) is 11.8. The molecule has 1 heterocycles. The van der Waals surface area contributed by atoms with Crippen LogP contribution in [0, 0.1) is 5.92 Å². The number of hydrogen-bond acceptors (Lipinski definition) is 3. The molecule has 0 bridgehead atoms. The minimum Gasteiger partial charge on any atom is -0.381 e. The number of carbonyl (C=O) groups excluding carboxylic acids is 1. The summed E-state index contributed by atoms with van der Waals surface area (Å²) in [5.41, 5.74) is 5.82. The second-order valence-corrected chi connectivity index (χ2v) is 4.68. The van der Waals surface area contributed by atoms with Crippen LogP contribution in [0.25, 0.3) is 0 Å². The van der Waals surface area contributed by atoms with Crippen LogP contribution in [-0.2, 0) is 9.53 Å². The summed E-state index contributed by atoms with van der Waals surface area (Å²) in [6.45, 7) is 1.33. The molecule has 2 rings (SSSR count). The van der Waals surface area contributed by atoms with Crippen LogP contribution in [0.1, 0.15) is 32.1 Å². The first kappa shape index (κ1) is 10.9. The average Bonchev–Trinajstić information content (AvgIpc) is 2.74. The molecule has 0 aromatic heterocycles. The van der Waals surface area contributed by atoms with Gasteiger partial charge in [-0.3, -0.25) is 4.79 Å². The maximum Gasteiger partial charge on any atom is 0.225 e. The van der Waals surface area contributed by atoms with Crippen molar-refractivity contribution in [3.05, 3.63) is 0 Å². The molecule has 1 aliphatic heterocycles. The van der Waals surface area contributed by atoms with Crippen molar-refractivity contribution in [3.8, 4) is 0 Å². The number of hydrogen-bond donors (Lipinski definition) is 2. The summed E-state index contributed by atoms with van der Waals surface area (Å²) in [6.07, 6.45) is 5.00. The van der Waals surface area contributed by atoms with E-state index in [0.29, 0.717) is 18.7 Å². The second-order valence-electron chi connectivity index (χ2n) is 4.68. The Balaban J connectivity index is 1.74. The van der Waals surface area contributed by atoms with Crippen LogP contribution in [0.3, 0.4) is 0 Å². The van der Waals surface area contributed by atoms with E-state index in [1.807, 2.05) is 0 Å². The van der Waals surface area contributed by atoms with E-state index in [9.17, 15) is 4.79 Å². The second kappa shape index (κ2) is 4.94. The molecule has 15 heavy (non-hydrogen) atoms. The highest BCUT2D eigenvalue weighted by Gasteiger charge is 2.26.